The number of carbonyl (C=O) groups is 2. The Balaban J connectivity index is 1.34. The molecule has 2 fully saturated rings. The summed E-state index contributed by atoms with van der Waals surface area (Å²) < 4.78 is 11.2. The van der Waals surface area contributed by atoms with Gasteiger partial charge in [0.05, 0.1) is 6.54 Å². The Labute approximate surface area is 204 Å². The number of nitrogens with zero attached hydrogens (tertiary/aromatic N) is 5. The molecule has 11 heteroatoms. The van der Waals surface area contributed by atoms with Gasteiger partial charge in [0.25, 0.3) is 0 Å². The van der Waals surface area contributed by atoms with Crippen LogP contribution in [0.1, 0.15) is 28.9 Å². The lowest BCUT2D eigenvalue weighted by Gasteiger charge is -2.35. The fourth-order valence-electron chi connectivity index (χ4n) is 4.35. The minimum absolute atomic E-state index is 0.0126. The number of anilines is 2. The van der Waals surface area contributed by atoms with Gasteiger partial charge in [-0.2, -0.15) is 9.97 Å². The maximum absolute atomic E-state index is 12.3. The van der Waals surface area contributed by atoms with Gasteiger partial charge in [0.1, 0.15) is 18.9 Å². The Morgan fingerprint density at radius 1 is 1.11 bits per heavy atom. The lowest BCUT2D eigenvalue weighted by atomic mass is 10.2. The van der Waals surface area contributed by atoms with E-state index >= 15 is 0 Å². The van der Waals surface area contributed by atoms with E-state index in [2.05, 4.69) is 14.9 Å². The number of aromatic carboxylic acids is 1. The number of likely N-dealkylation sites (N-methyl/N-ethyl adjacent to an activating group) is 1. The van der Waals surface area contributed by atoms with Crippen molar-refractivity contribution in [3.8, 4) is 6.01 Å². The van der Waals surface area contributed by atoms with Crippen LogP contribution in [-0.4, -0.2) is 95.8 Å². The average Bonchev–Trinajstić information content (AvgIpc) is 3.27. The molecule has 3 N–H and O–H groups in total. The van der Waals surface area contributed by atoms with E-state index in [0.717, 1.165) is 24.9 Å². The first-order valence-corrected chi connectivity index (χ1v) is 11.8. The number of esters is 1. The summed E-state index contributed by atoms with van der Waals surface area (Å²) in [4.78, 5) is 38.6. The lowest BCUT2D eigenvalue weighted by Crippen LogP contribution is -2.48. The van der Waals surface area contributed by atoms with Crippen molar-refractivity contribution in [3.63, 3.8) is 0 Å². The third kappa shape index (κ3) is 6.37. The Morgan fingerprint density at radius 2 is 1.86 bits per heavy atom. The molecule has 3 heterocycles. The highest BCUT2D eigenvalue weighted by molar-refractivity contribution is 5.94. The van der Waals surface area contributed by atoms with Crippen LogP contribution in [0, 0.1) is 0 Å². The second kappa shape index (κ2) is 11.3. The molecule has 2 saturated heterocycles. The van der Waals surface area contributed by atoms with Crippen molar-refractivity contribution in [2.45, 2.75) is 25.5 Å². The van der Waals surface area contributed by atoms with Gasteiger partial charge < -0.3 is 30.1 Å². The molecule has 2 aromatic rings. The highest BCUT2D eigenvalue weighted by atomic mass is 16.5. The molecule has 0 bridgehead atoms. The van der Waals surface area contributed by atoms with E-state index in [1.165, 1.54) is 0 Å². The van der Waals surface area contributed by atoms with Crippen LogP contribution in [0.4, 0.5) is 11.5 Å². The van der Waals surface area contributed by atoms with Crippen molar-refractivity contribution in [1.82, 2.24) is 19.8 Å². The maximum atomic E-state index is 12.3. The monoisotopic (exact) mass is 484 g/mol. The van der Waals surface area contributed by atoms with Gasteiger partial charge in [-0.05, 0) is 32.0 Å². The molecular weight excluding hydrogens is 452 g/mol. The molecule has 35 heavy (non-hydrogen) atoms. The molecule has 0 radical (unpaired) electrons. The molecule has 0 aliphatic carbocycles. The van der Waals surface area contributed by atoms with Crippen LogP contribution >= 0.6 is 0 Å². The molecule has 2 aliphatic heterocycles. The summed E-state index contributed by atoms with van der Waals surface area (Å²) in [6, 6.07) is 9.80. The number of rotatable bonds is 9. The van der Waals surface area contributed by atoms with Gasteiger partial charge in [-0.15, -0.1) is 0 Å². The zero-order chi connectivity index (χ0) is 24.8. The summed E-state index contributed by atoms with van der Waals surface area (Å²) in [7, 11) is 2.04. The third-order valence-electron chi connectivity index (χ3n) is 6.45. The van der Waals surface area contributed by atoms with E-state index in [1.807, 2.05) is 47.2 Å². The van der Waals surface area contributed by atoms with Gasteiger partial charge in [-0.1, -0.05) is 30.3 Å². The van der Waals surface area contributed by atoms with Crippen molar-refractivity contribution < 1.29 is 24.2 Å². The fourth-order valence-corrected chi connectivity index (χ4v) is 4.35. The third-order valence-corrected chi connectivity index (χ3v) is 6.45. The number of ether oxygens (including phenoxy) is 2. The van der Waals surface area contributed by atoms with Gasteiger partial charge in [0.2, 0.25) is 0 Å². The SMILES string of the molecule is CN1CCC[C@H]1COc1nc(C(=O)O)c(N)c(N2CCN(CC(=O)OCc3ccccc3)CC2)n1. The molecule has 0 amide bonds. The van der Waals surface area contributed by atoms with Crippen LogP contribution in [0.25, 0.3) is 0 Å². The highest BCUT2D eigenvalue weighted by Crippen LogP contribution is 2.27. The molecule has 1 atom stereocenters. The molecule has 11 nitrogen and oxygen atoms in total. The first-order valence-electron chi connectivity index (χ1n) is 11.8. The van der Waals surface area contributed by atoms with Gasteiger partial charge in [-0.25, -0.2) is 4.79 Å². The molecule has 4 rings (SSSR count). The van der Waals surface area contributed by atoms with E-state index in [-0.39, 0.29) is 42.6 Å². The molecule has 0 saturated carbocycles. The Bertz CT molecular complexity index is 1030. The van der Waals surface area contributed by atoms with Crippen LogP contribution in [0.2, 0.25) is 0 Å². The van der Waals surface area contributed by atoms with Crippen LogP contribution in [-0.2, 0) is 16.1 Å². The summed E-state index contributed by atoms with van der Waals surface area (Å²) in [6.45, 7) is 4.03. The second-order valence-corrected chi connectivity index (χ2v) is 8.89. The number of piperazine rings is 1. The quantitative estimate of drug-likeness (QED) is 0.495. The smallest absolute Gasteiger partial charge is 0.357 e. The molecule has 188 valence electrons. The van der Waals surface area contributed by atoms with Crippen molar-refractivity contribution in [2.24, 2.45) is 0 Å². The van der Waals surface area contributed by atoms with E-state index in [9.17, 15) is 14.7 Å². The predicted molar refractivity (Wildman–Crippen MR) is 129 cm³/mol. The number of hydrogen-bond acceptors (Lipinski definition) is 10. The molecular formula is C24H32N6O5. The summed E-state index contributed by atoms with van der Waals surface area (Å²) in [5.74, 6) is -1.17. The molecule has 0 unspecified atom stereocenters. The Hall–Kier alpha value is -3.44. The van der Waals surface area contributed by atoms with Crippen molar-refractivity contribution in [1.29, 1.82) is 0 Å². The zero-order valence-electron chi connectivity index (χ0n) is 19.9. The van der Waals surface area contributed by atoms with E-state index in [0.29, 0.717) is 38.6 Å². The van der Waals surface area contributed by atoms with Gasteiger partial charge in [0.15, 0.2) is 11.5 Å². The topological polar surface area (TPSA) is 134 Å². The standard InChI is InChI=1S/C24H32N6O5/c1-28-9-5-8-18(28)16-35-24-26-21(23(32)33)20(25)22(27-24)30-12-10-29(11-13-30)14-19(31)34-15-17-6-3-2-4-7-17/h2-4,6-7,18H,5,8-16,25H2,1H3,(H,32,33)/t18-/m0/s1. The Kier molecular flexibility index (Phi) is 7.98. The number of carboxylic acids is 1. The van der Waals surface area contributed by atoms with Crippen molar-refractivity contribution in [3.05, 3.63) is 41.6 Å². The largest absolute Gasteiger partial charge is 0.476 e. The fraction of sp³-hybridized carbons (Fsp3) is 0.500. The number of carboxylic acid groups (broad SMARTS) is 1. The van der Waals surface area contributed by atoms with Crippen LogP contribution in [0.3, 0.4) is 0 Å². The second-order valence-electron chi connectivity index (χ2n) is 8.89. The lowest BCUT2D eigenvalue weighted by molar-refractivity contribution is -0.146. The molecule has 1 aromatic heterocycles. The molecule has 0 spiro atoms. The normalized spacial score (nSPS) is 19.0. The van der Waals surface area contributed by atoms with Crippen LogP contribution in [0.15, 0.2) is 30.3 Å². The van der Waals surface area contributed by atoms with E-state index in [1.54, 1.807) is 0 Å². The summed E-state index contributed by atoms with van der Waals surface area (Å²) in [5.41, 5.74) is 6.82. The maximum Gasteiger partial charge on any atom is 0.357 e. The van der Waals surface area contributed by atoms with E-state index in [4.69, 9.17) is 15.2 Å². The van der Waals surface area contributed by atoms with Crippen molar-refractivity contribution in [2.75, 3.05) is 63.6 Å². The van der Waals surface area contributed by atoms with Gasteiger partial charge in [0, 0.05) is 32.2 Å². The van der Waals surface area contributed by atoms with Crippen LogP contribution < -0.4 is 15.4 Å². The molecule has 2 aliphatic rings. The minimum atomic E-state index is -1.23. The summed E-state index contributed by atoms with van der Waals surface area (Å²) in [5, 5.41) is 9.60. The first kappa shape index (κ1) is 24.7. The predicted octanol–water partition coefficient (Wildman–Crippen LogP) is 1.10. The van der Waals surface area contributed by atoms with Gasteiger partial charge >= 0.3 is 17.9 Å². The van der Waals surface area contributed by atoms with E-state index < -0.39 is 5.97 Å². The number of nitrogen functional groups attached to an aromatic ring is 1. The number of carbonyl (C=O) groups excluding carboxylic acids is 1. The zero-order valence-corrected chi connectivity index (χ0v) is 19.9. The van der Waals surface area contributed by atoms with Gasteiger partial charge in [-0.3, -0.25) is 9.69 Å². The highest BCUT2D eigenvalue weighted by Gasteiger charge is 2.27. The van der Waals surface area contributed by atoms with Crippen molar-refractivity contribution >= 4 is 23.4 Å². The minimum Gasteiger partial charge on any atom is -0.476 e. The average molecular weight is 485 g/mol. The summed E-state index contributed by atoms with van der Waals surface area (Å²) >= 11 is 0. The number of hydrogen-bond donors (Lipinski definition) is 2. The summed E-state index contributed by atoms with van der Waals surface area (Å²) in [6.07, 6.45) is 2.11. The number of benzene rings is 1. The number of nitrogens with two attached hydrogens (primary N) is 1. The van der Waals surface area contributed by atoms with Crippen LogP contribution in [0.5, 0.6) is 6.01 Å². The first-order chi connectivity index (χ1) is 16.9. The Morgan fingerprint density at radius 3 is 2.51 bits per heavy atom. The molecule has 1 aromatic carbocycles. The number of likely N-dealkylation sites (tertiary alicyclic amines) is 1. The number of aromatic nitrogens is 2.